The van der Waals surface area contributed by atoms with Gasteiger partial charge in [-0.25, -0.2) is 0 Å². The highest BCUT2D eigenvalue weighted by molar-refractivity contribution is 5.79. The molecule has 0 radical (unpaired) electrons. The maximum Gasteiger partial charge on any atom is 0.305 e. The zero-order valence-corrected chi connectivity index (χ0v) is 15.0. The molecule has 0 aromatic heterocycles. The number of carbonyl (C=O) groups excluding carboxylic acids is 1. The van der Waals surface area contributed by atoms with Gasteiger partial charge < -0.3 is 19.5 Å². The van der Waals surface area contributed by atoms with Gasteiger partial charge in [0.25, 0.3) is 5.91 Å². The van der Waals surface area contributed by atoms with Gasteiger partial charge in [-0.05, 0) is 17.2 Å². The lowest BCUT2D eigenvalue weighted by molar-refractivity contribution is -0.147. The van der Waals surface area contributed by atoms with Gasteiger partial charge in [0.05, 0.1) is 25.7 Å². The van der Waals surface area contributed by atoms with E-state index in [1.54, 1.807) is 4.90 Å². The van der Waals surface area contributed by atoms with E-state index in [2.05, 4.69) is 0 Å². The number of carboxylic acids is 1. The van der Waals surface area contributed by atoms with Crippen LogP contribution in [0.15, 0.2) is 54.6 Å². The molecule has 2 aromatic carbocycles. The highest BCUT2D eigenvalue weighted by Gasteiger charge is 2.29. The normalized spacial score (nSPS) is 16.7. The van der Waals surface area contributed by atoms with Crippen molar-refractivity contribution < 1.29 is 24.2 Å². The van der Waals surface area contributed by atoms with Crippen LogP contribution in [0.4, 0.5) is 0 Å². The van der Waals surface area contributed by atoms with Gasteiger partial charge in [0.2, 0.25) is 0 Å². The van der Waals surface area contributed by atoms with Crippen LogP contribution in [0.2, 0.25) is 0 Å². The summed E-state index contributed by atoms with van der Waals surface area (Å²) in [6.07, 6.45) is 0.584. The Bertz CT molecular complexity index is 777. The summed E-state index contributed by atoms with van der Waals surface area (Å²) >= 11 is 0. The van der Waals surface area contributed by atoms with Crippen LogP contribution in [-0.4, -0.2) is 54.3 Å². The van der Waals surface area contributed by atoms with Gasteiger partial charge in [0.15, 0.2) is 6.61 Å². The summed E-state index contributed by atoms with van der Waals surface area (Å²) in [4.78, 5) is 25.1. The highest BCUT2D eigenvalue weighted by Crippen LogP contribution is 2.22. The van der Waals surface area contributed by atoms with Crippen molar-refractivity contribution in [2.24, 2.45) is 0 Å². The van der Waals surface area contributed by atoms with Crippen LogP contribution in [0.3, 0.4) is 0 Å². The van der Waals surface area contributed by atoms with Crippen molar-refractivity contribution in [3.63, 3.8) is 0 Å². The Morgan fingerprint density at radius 1 is 1.11 bits per heavy atom. The number of carboxylic acid groups (broad SMARTS) is 1. The van der Waals surface area contributed by atoms with E-state index in [9.17, 15) is 9.59 Å². The standard InChI is InChI=1S/C21H23NO5/c23-20(22-10-11-26-14-18(22)13-21(24)25)15-27-19-9-5-4-8-17(19)12-16-6-2-1-3-7-16/h1-9,18H,10-15H2,(H,24,25). The monoisotopic (exact) mass is 369 g/mol. The number of para-hydroxylation sites is 1. The SMILES string of the molecule is O=C(O)CC1COCCN1C(=O)COc1ccccc1Cc1ccccc1. The van der Waals surface area contributed by atoms with E-state index in [4.69, 9.17) is 14.6 Å². The molecular formula is C21H23NO5. The van der Waals surface area contributed by atoms with Gasteiger partial charge in [-0.15, -0.1) is 0 Å². The quantitative estimate of drug-likeness (QED) is 0.811. The number of amides is 1. The molecule has 1 atom stereocenters. The predicted molar refractivity (Wildman–Crippen MR) is 99.8 cm³/mol. The minimum atomic E-state index is -0.947. The lowest BCUT2D eigenvalue weighted by Crippen LogP contribution is -2.51. The van der Waals surface area contributed by atoms with E-state index >= 15 is 0 Å². The van der Waals surface area contributed by atoms with Crippen LogP contribution >= 0.6 is 0 Å². The molecule has 3 rings (SSSR count). The molecule has 1 aliphatic rings. The van der Waals surface area contributed by atoms with Gasteiger partial charge in [-0.1, -0.05) is 48.5 Å². The molecule has 6 nitrogen and oxygen atoms in total. The summed E-state index contributed by atoms with van der Waals surface area (Å²) in [7, 11) is 0. The first-order valence-electron chi connectivity index (χ1n) is 8.97. The van der Waals surface area contributed by atoms with Crippen LogP contribution in [-0.2, 0) is 20.7 Å². The summed E-state index contributed by atoms with van der Waals surface area (Å²) in [6, 6.07) is 17.2. The van der Waals surface area contributed by atoms with Gasteiger partial charge in [0.1, 0.15) is 5.75 Å². The molecule has 2 aromatic rings. The Hall–Kier alpha value is -2.86. The second-order valence-corrected chi connectivity index (χ2v) is 6.47. The van der Waals surface area contributed by atoms with Crippen molar-refractivity contribution >= 4 is 11.9 Å². The fraction of sp³-hybridized carbons (Fsp3) is 0.333. The Morgan fingerprint density at radius 2 is 1.85 bits per heavy atom. The van der Waals surface area contributed by atoms with E-state index in [-0.39, 0.29) is 25.5 Å². The van der Waals surface area contributed by atoms with Gasteiger partial charge in [-0.2, -0.15) is 0 Å². The molecule has 0 bridgehead atoms. The Morgan fingerprint density at radius 3 is 2.63 bits per heavy atom. The van der Waals surface area contributed by atoms with Crippen LogP contribution < -0.4 is 4.74 Å². The fourth-order valence-corrected chi connectivity index (χ4v) is 3.18. The fourth-order valence-electron chi connectivity index (χ4n) is 3.18. The van der Waals surface area contributed by atoms with Crippen LogP contribution in [0.25, 0.3) is 0 Å². The number of benzene rings is 2. The van der Waals surface area contributed by atoms with Crippen molar-refractivity contribution in [2.45, 2.75) is 18.9 Å². The molecule has 1 fully saturated rings. The molecule has 6 heteroatoms. The summed E-state index contributed by atoms with van der Waals surface area (Å²) < 4.78 is 11.1. The van der Waals surface area contributed by atoms with Gasteiger partial charge >= 0.3 is 5.97 Å². The zero-order valence-electron chi connectivity index (χ0n) is 15.0. The summed E-state index contributed by atoms with van der Waals surface area (Å²) in [5.41, 5.74) is 2.16. The minimum Gasteiger partial charge on any atom is -0.483 e. The third-order valence-corrected chi connectivity index (χ3v) is 4.52. The van der Waals surface area contributed by atoms with E-state index in [1.165, 1.54) is 0 Å². The van der Waals surface area contributed by atoms with E-state index in [0.29, 0.717) is 25.3 Å². The summed E-state index contributed by atoms with van der Waals surface area (Å²) in [6.45, 7) is 0.906. The average molecular weight is 369 g/mol. The van der Waals surface area contributed by atoms with Crippen LogP contribution in [0.1, 0.15) is 17.5 Å². The lowest BCUT2D eigenvalue weighted by Gasteiger charge is -2.34. The molecule has 1 unspecified atom stereocenters. The first kappa shape index (κ1) is 18.9. The minimum absolute atomic E-state index is 0.123. The molecule has 1 heterocycles. The Labute approximate surface area is 158 Å². The van der Waals surface area contributed by atoms with E-state index < -0.39 is 12.0 Å². The number of aliphatic carboxylic acids is 1. The smallest absolute Gasteiger partial charge is 0.305 e. The number of hydrogen-bond acceptors (Lipinski definition) is 4. The van der Waals surface area contributed by atoms with Crippen LogP contribution in [0.5, 0.6) is 5.75 Å². The molecule has 0 saturated carbocycles. The molecule has 1 amide bonds. The third kappa shape index (κ3) is 5.31. The summed E-state index contributed by atoms with van der Waals surface area (Å²) in [5.74, 6) is -0.505. The Balaban J connectivity index is 1.64. The first-order valence-corrected chi connectivity index (χ1v) is 8.97. The molecule has 1 saturated heterocycles. The van der Waals surface area contributed by atoms with E-state index in [1.807, 2.05) is 54.6 Å². The number of rotatable bonds is 7. The molecule has 1 aliphatic heterocycles. The van der Waals surface area contributed by atoms with Crippen molar-refractivity contribution in [3.8, 4) is 5.75 Å². The lowest BCUT2D eigenvalue weighted by atomic mass is 10.0. The molecule has 27 heavy (non-hydrogen) atoms. The number of carbonyl (C=O) groups is 2. The number of ether oxygens (including phenoxy) is 2. The molecule has 0 spiro atoms. The molecular weight excluding hydrogens is 346 g/mol. The zero-order chi connectivity index (χ0) is 19.1. The second-order valence-electron chi connectivity index (χ2n) is 6.47. The first-order chi connectivity index (χ1) is 13.1. The number of hydrogen-bond donors (Lipinski definition) is 1. The molecule has 142 valence electrons. The summed E-state index contributed by atoms with van der Waals surface area (Å²) in [5, 5.41) is 9.02. The average Bonchev–Trinajstić information content (AvgIpc) is 2.68. The van der Waals surface area contributed by atoms with E-state index in [0.717, 1.165) is 11.1 Å². The van der Waals surface area contributed by atoms with Gasteiger partial charge in [0, 0.05) is 13.0 Å². The Kier molecular flexibility index (Phi) is 6.44. The second kappa shape index (κ2) is 9.19. The topological polar surface area (TPSA) is 76.1 Å². The number of morpholine rings is 1. The van der Waals surface area contributed by atoms with Crippen molar-refractivity contribution in [1.82, 2.24) is 4.90 Å². The number of nitrogens with zero attached hydrogens (tertiary/aromatic N) is 1. The molecule has 0 aliphatic carbocycles. The van der Waals surface area contributed by atoms with Crippen LogP contribution in [0, 0.1) is 0 Å². The molecule has 1 N–H and O–H groups in total. The third-order valence-electron chi connectivity index (χ3n) is 4.52. The maximum absolute atomic E-state index is 12.6. The van der Waals surface area contributed by atoms with Crippen molar-refractivity contribution in [3.05, 3.63) is 65.7 Å². The largest absolute Gasteiger partial charge is 0.483 e. The predicted octanol–water partition coefficient (Wildman–Crippen LogP) is 2.36. The highest BCUT2D eigenvalue weighted by atomic mass is 16.5. The maximum atomic E-state index is 12.6. The van der Waals surface area contributed by atoms with Gasteiger partial charge in [-0.3, -0.25) is 9.59 Å². The van der Waals surface area contributed by atoms with Crippen molar-refractivity contribution in [1.29, 1.82) is 0 Å². The van der Waals surface area contributed by atoms with Crippen molar-refractivity contribution in [2.75, 3.05) is 26.4 Å².